The van der Waals surface area contributed by atoms with Gasteiger partial charge in [0.25, 0.3) is 0 Å². The van der Waals surface area contributed by atoms with Crippen LogP contribution in [0.3, 0.4) is 0 Å². The molecule has 2 fully saturated rings. The summed E-state index contributed by atoms with van der Waals surface area (Å²) < 4.78 is 79.3. The number of hydrogen-bond acceptors (Lipinski definition) is 3. The molecule has 0 bridgehead atoms. The predicted octanol–water partition coefficient (Wildman–Crippen LogP) is 7.84. The van der Waals surface area contributed by atoms with Gasteiger partial charge in [-0.15, -0.1) is 0 Å². The first kappa shape index (κ1) is 30.7. The average Bonchev–Trinajstić information content (AvgIpc) is 2.91. The molecule has 1 atom stereocenters. The molecule has 1 saturated carbocycles. The summed E-state index contributed by atoms with van der Waals surface area (Å²) in [7, 11) is 0. The van der Waals surface area contributed by atoms with E-state index >= 15 is 0 Å². The molecular formula is C27H30Cl2F6N4O. The highest BCUT2D eigenvalue weighted by Crippen LogP contribution is 2.38. The number of carbonyl (C=O) groups is 1. The zero-order valence-electron chi connectivity index (χ0n) is 21.5. The molecule has 1 heterocycles. The minimum atomic E-state index is -5.03. The molecule has 0 radical (unpaired) electrons. The van der Waals surface area contributed by atoms with Gasteiger partial charge >= 0.3 is 18.4 Å². The first-order valence-electron chi connectivity index (χ1n) is 13.1. The van der Waals surface area contributed by atoms with E-state index in [1.807, 2.05) is 0 Å². The molecule has 13 heteroatoms. The van der Waals surface area contributed by atoms with Gasteiger partial charge in [-0.25, -0.2) is 4.79 Å². The highest BCUT2D eigenvalue weighted by atomic mass is 35.5. The lowest BCUT2D eigenvalue weighted by Crippen LogP contribution is -2.53. The molecular weight excluding hydrogens is 581 g/mol. The number of piperazine rings is 1. The molecule has 2 aliphatic rings. The molecule has 4 rings (SSSR count). The fourth-order valence-electron chi connectivity index (χ4n) is 5.47. The number of alkyl halides is 6. The number of urea groups is 1. The Hall–Kier alpha value is -2.21. The Bertz CT molecular complexity index is 1150. The summed E-state index contributed by atoms with van der Waals surface area (Å²) in [5.74, 6) is 0. The Morgan fingerprint density at radius 3 is 2.08 bits per heavy atom. The summed E-state index contributed by atoms with van der Waals surface area (Å²) in [6.45, 7) is 3.04. The molecule has 40 heavy (non-hydrogen) atoms. The summed E-state index contributed by atoms with van der Waals surface area (Å²) in [5, 5.41) is 5.36. The van der Waals surface area contributed by atoms with Crippen molar-refractivity contribution in [3.8, 4) is 0 Å². The van der Waals surface area contributed by atoms with E-state index in [1.165, 1.54) is 32.1 Å². The minimum Gasteiger partial charge on any atom is -0.336 e. The van der Waals surface area contributed by atoms with Crippen LogP contribution in [0.4, 0.5) is 36.8 Å². The molecule has 0 spiro atoms. The Morgan fingerprint density at radius 2 is 1.50 bits per heavy atom. The number of nitrogens with one attached hydrogen (secondary N) is 2. The lowest BCUT2D eigenvalue weighted by molar-refractivity contribution is -0.143. The van der Waals surface area contributed by atoms with Gasteiger partial charge in [0, 0.05) is 44.5 Å². The fraction of sp³-hybridized carbons (Fsp3) is 0.519. The van der Waals surface area contributed by atoms with Crippen molar-refractivity contribution < 1.29 is 31.1 Å². The normalized spacial score (nSPS) is 18.9. The molecule has 1 aliphatic carbocycles. The van der Waals surface area contributed by atoms with Crippen molar-refractivity contribution in [3.05, 3.63) is 63.1 Å². The highest BCUT2D eigenvalue weighted by Gasteiger charge is 2.37. The maximum Gasteiger partial charge on any atom is 0.416 e. The molecule has 1 unspecified atom stereocenters. The molecule has 2 N–H and O–H groups in total. The molecule has 5 nitrogen and oxygen atoms in total. The van der Waals surface area contributed by atoms with Gasteiger partial charge in [0.1, 0.15) is 0 Å². The van der Waals surface area contributed by atoms with Gasteiger partial charge in [0.05, 0.1) is 27.2 Å². The summed E-state index contributed by atoms with van der Waals surface area (Å²) >= 11 is 12.8. The number of amides is 2. The van der Waals surface area contributed by atoms with Crippen LogP contribution >= 0.6 is 23.2 Å². The Morgan fingerprint density at radius 1 is 0.900 bits per heavy atom. The molecule has 2 aromatic carbocycles. The third-order valence-corrected chi connectivity index (χ3v) is 8.36. The van der Waals surface area contributed by atoms with Gasteiger partial charge < -0.3 is 10.6 Å². The Labute approximate surface area is 238 Å². The Balaban J connectivity index is 1.48. The average molecular weight is 611 g/mol. The zero-order chi connectivity index (χ0) is 29.1. The summed E-state index contributed by atoms with van der Waals surface area (Å²) in [6, 6.07) is 5.28. The lowest BCUT2D eigenvalue weighted by atomic mass is 9.93. The van der Waals surface area contributed by atoms with Crippen molar-refractivity contribution in [1.29, 1.82) is 0 Å². The van der Waals surface area contributed by atoms with Crippen LogP contribution in [0.2, 0.25) is 10.0 Å². The second kappa shape index (κ2) is 12.8. The number of hydrogen-bond donors (Lipinski definition) is 2. The second-order valence-corrected chi connectivity index (χ2v) is 10.9. The van der Waals surface area contributed by atoms with E-state index < -0.39 is 41.2 Å². The summed E-state index contributed by atoms with van der Waals surface area (Å²) in [4.78, 5) is 17.3. The SMILES string of the molecule is O=C(NCC(c1cccc(Cl)c1Cl)N1CCN(C2CCCCC2)CC1)Nc1cc(C(F)(F)F)cc(C(F)(F)F)c1. The second-order valence-electron chi connectivity index (χ2n) is 10.2. The van der Waals surface area contributed by atoms with Crippen molar-refractivity contribution in [1.82, 2.24) is 15.1 Å². The van der Waals surface area contributed by atoms with E-state index in [9.17, 15) is 31.1 Å². The number of benzene rings is 2. The van der Waals surface area contributed by atoms with Gasteiger partial charge in [-0.2, -0.15) is 26.3 Å². The third-order valence-electron chi connectivity index (χ3n) is 7.52. The largest absolute Gasteiger partial charge is 0.416 e. The standard InChI is InChI=1S/C27H30Cl2F6N4O/c28-22-8-4-7-21(24(22)29)23(39-11-9-38(10-12-39)20-5-2-1-3-6-20)16-36-25(40)37-19-14-17(26(30,31)32)13-18(15-19)27(33,34)35/h4,7-8,13-15,20,23H,1-3,5-6,9-12,16H2,(H2,36,37,40). The monoisotopic (exact) mass is 610 g/mol. The predicted molar refractivity (Wildman–Crippen MR) is 143 cm³/mol. The zero-order valence-corrected chi connectivity index (χ0v) is 23.0. The fourth-order valence-corrected chi connectivity index (χ4v) is 5.90. The van der Waals surface area contributed by atoms with Crippen molar-refractivity contribution in [2.45, 2.75) is 56.5 Å². The Kier molecular flexibility index (Phi) is 9.80. The van der Waals surface area contributed by atoms with Crippen LogP contribution in [0.5, 0.6) is 0 Å². The van der Waals surface area contributed by atoms with Crippen LogP contribution in [-0.4, -0.2) is 54.6 Å². The minimum absolute atomic E-state index is 0.000410. The first-order valence-corrected chi connectivity index (χ1v) is 13.8. The van der Waals surface area contributed by atoms with Gasteiger partial charge in [-0.1, -0.05) is 54.6 Å². The smallest absolute Gasteiger partial charge is 0.336 e. The summed E-state index contributed by atoms with van der Waals surface area (Å²) in [5.41, 5.74) is -2.99. The van der Waals surface area contributed by atoms with Crippen molar-refractivity contribution in [3.63, 3.8) is 0 Å². The van der Waals surface area contributed by atoms with Crippen molar-refractivity contribution >= 4 is 34.9 Å². The van der Waals surface area contributed by atoms with E-state index in [2.05, 4.69) is 20.4 Å². The number of anilines is 1. The van der Waals surface area contributed by atoms with Gasteiger partial charge in [-0.05, 0) is 42.7 Å². The molecule has 0 aromatic heterocycles. The van der Waals surface area contributed by atoms with Crippen LogP contribution in [0.15, 0.2) is 36.4 Å². The van der Waals surface area contributed by atoms with Crippen LogP contribution in [0, 0.1) is 0 Å². The number of nitrogens with zero attached hydrogens (tertiary/aromatic N) is 2. The highest BCUT2D eigenvalue weighted by molar-refractivity contribution is 6.42. The molecule has 220 valence electrons. The van der Waals surface area contributed by atoms with Crippen LogP contribution < -0.4 is 10.6 Å². The quantitative estimate of drug-likeness (QED) is 0.328. The van der Waals surface area contributed by atoms with Crippen LogP contribution in [-0.2, 0) is 12.4 Å². The van der Waals surface area contributed by atoms with Gasteiger partial charge in [0.15, 0.2) is 0 Å². The van der Waals surface area contributed by atoms with E-state index in [-0.39, 0.29) is 12.6 Å². The number of carbonyl (C=O) groups excluding carboxylic acids is 1. The van der Waals surface area contributed by atoms with E-state index in [1.54, 1.807) is 18.2 Å². The topological polar surface area (TPSA) is 47.6 Å². The van der Waals surface area contributed by atoms with E-state index in [0.29, 0.717) is 46.9 Å². The summed E-state index contributed by atoms with van der Waals surface area (Å²) in [6.07, 6.45) is -3.99. The maximum absolute atomic E-state index is 13.2. The molecule has 1 aliphatic heterocycles. The maximum atomic E-state index is 13.2. The lowest BCUT2D eigenvalue weighted by Gasteiger charge is -2.43. The third kappa shape index (κ3) is 7.74. The van der Waals surface area contributed by atoms with E-state index in [0.717, 1.165) is 13.1 Å². The van der Waals surface area contributed by atoms with Gasteiger partial charge in [0.2, 0.25) is 0 Å². The van der Waals surface area contributed by atoms with Gasteiger partial charge in [-0.3, -0.25) is 9.80 Å². The van der Waals surface area contributed by atoms with E-state index in [4.69, 9.17) is 23.2 Å². The molecule has 1 saturated heterocycles. The number of halogens is 8. The molecule has 2 aromatic rings. The number of rotatable bonds is 6. The van der Waals surface area contributed by atoms with Crippen LogP contribution in [0.1, 0.15) is 54.8 Å². The van der Waals surface area contributed by atoms with Crippen LogP contribution in [0.25, 0.3) is 0 Å². The van der Waals surface area contributed by atoms with Crippen molar-refractivity contribution in [2.24, 2.45) is 0 Å². The van der Waals surface area contributed by atoms with Crippen molar-refractivity contribution in [2.75, 3.05) is 38.0 Å². The molecule has 2 amide bonds. The first-order chi connectivity index (χ1) is 18.8.